The molecule has 1 aliphatic heterocycles. The fraction of sp³-hybridized carbons (Fsp3) is 0.600. The molecule has 1 fully saturated rings. The Kier molecular flexibility index (Phi) is 5.85. The first-order chi connectivity index (χ1) is 15.1. The van der Waals surface area contributed by atoms with Gasteiger partial charge in [-0.2, -0.15) is 5.10 Å². The van der Waals surface area contributed by atoms with E-state index in [9.17, 15) is 4.79 Å². The van der Waals surface area contributed by atoms with Crippen LogP contribution in [0.2, 0.25) is 0 Å². The molecule has 3 aliphatic rings. The molecule has 1 atom stereocenters. The van der Waals surface area contributed by atoms with Gasteiger partial charge in [0.15, 0.2) is 5.69 Å². The van der Waals surface area contributed by atoms with Gasteiger partial charge in [0.2, 0.25) is 0 Å². The fourth-order valence-corrected chi connectivity index (χ4v) is 5.42. The molecule has 166 valence electrons. The third-order valence-corrected chi connectivity index (χ3v) is 6.91. The van der Waals surface area contributed by atoms with E-state index in [0.717, 1.165) is 38.6 Å². The van der Waals surface area contributed by atoms with Crippen LogP contribution in [0.25, 0.3) is 0 Å². The molecule has 1 amide bonds. The molecule has 1 aromatic heterocycles. The Bertz CT molecular complexity index is 920. The van der Waals surface area contributed by atoms with Gasteiger partial charge in [0.05, 0.1) is 13.2 Å². The van der Waals surface area contributed by atoms with Gasteiger partial charge in [-0.3, -0.25) is 9.48 Å². The monoisotopic (exact) mass is 422 g/mol. The van der Waals surface area contributed by atoms with Crippen molar-refractivity contribution in [2.45, 2.75) is 64.6 Å². The number of rotatable bonds is 5. The molecular weight excluding hydrogens is 388 g/mol. The summed E-state index contributed by atoms with van der Waals surface area (Å²) in [6.45, 7) is 7.85. The molecule has 2 heterocycles. The molecule has 6 nitrogen and oxygen atoms in total. The van der Waals surface area contributed by atoms with Crippen molar-refractivity contribution in [2.75, 3.05) is 26.3 Å². The Hall–Kier alpha value is -2.18. The Morgan fingerprint density at radius 1 is 1.13 bits per heavy atom. The van der Waals surface area contributed by atoms with E-state index < -0.39 is 0 Å². The Labute approximate surface area is 185 Å². The smallest absolute Gasteiger partial charge is 0.274 e. The molecule has 1 saturated heterocycles. The lowest BCUT2D eigenvalue weighted by Crippen LogP contribution is -2.43. The van der Waals surface area contributed by atoms with E-state index in [1.807, 2.05) is 4.90 Å². The van der Waals surface area contributed by atoms with Crippen LogP contribution in [0.15, 0.2) is 24.3 Å². The lowest BCUT2D eigenvalue weighted by atomic mass is 9.90. The van der Waals surface area contributed by atoms with Crippen molar-refractivity contribution >= 4 is 5.91 Å². The summed E-state index contributed by atoms with van der Waals surface area (Å²) in [6.07, 6.45) is 5.20. The minimum Gasteiger partial charge on any atom is -0.378 e. The molecule has 0 spiro atoms. The highest BCUT2D eigenvalue weighted by molar-refractivity contribution is 5.94. The van der Waals surface area contributed by atoms with Crippen LogP contribution < -0.4 is 5.32 Å². The molecule has 5 rings (SSSR count). The van der Waals surface area contributed by atoms with Crippen LogP contribution in [0.3, 0.4) is 0 Å². The number of ether oxygens (including phenoxy) is 1. The molecule has 0 unspecified atom stereocenters. The first-order valence-electron chi connectivity index (χ1n) is 11.9. The number of carbonyl (C=O) groups is 1. The number of benzene rings is 1. The highest BCUT2D eigenvalue weighted by atomic mass is 16.5. The summed E-state index contributed by atoms with van der Waals surface area (Å²) in [5.74, 6) is 0.583. The van der Waals surface area contributed by atoms with Gasteiger partial charge >= 0.3 is 0 Å². The lowest BCUT2D eigenvalue weighted by molar-refractivity contribution is 0.0297. The highest BCUT2D eigenvalue weighted by Crippen LogP contribution is 2.29. The van der Waals surface area contributed by atoms with E-state index >= 15 is 0 Å². The normalized spacial score (nSPS) is 21.4. The number of nitrogens with zero attached hydrogens (tertiary/aromatic N) is 3. The number of aromatic nitrogens is 2. The molecule has 2 aliphatic carbocycles. The molecule has 0 bridgehead atoms. The van der Waals surface area contributed by atoms with Gasteiger partial charge in [0, 0.05) is 43.0 Å². The second-order valence-electron chi connectivity index (χ2n) is 9.73. The van der Waals surface area contributed by atoms with Crippen molar-refractivity contribution in [2.24, 2.45) is 5.92 Å². The Morgan fingerprint density at radius 2 is 1.84 bits per heavy atom. The standard InChI is InChI=1S/C25H34N4O2/c1-17(2)16-29-23-8-7-20(26-21-13-18-5-3-4-6-19(18)14-21)15-22(23)24(27-29)25(30)28-9-11-31-12-10-28/h3-6,17,20-21,26H,7-16H2,1-2H3/t20-/m0/s1. The van der Waals surface area contributed by atoms with Gasteiger partial charge in [-0.05, 0) is 49.1 Å². The Morgan fingerprint density at radius 3 is 2.52 bits per heavy atom. The first-order valence-corrected chi connectivity index (χ1v) is 11.9. The number of fused-ring (bicyclic) bond motifs is 2. The van der Waals surface area contributed by atoms with Crippen molar-refractivity contribution < 1.29 is 9.53 Å². The van der Waals surface area contributed by atoms with E-state index in [4.69, 9.17) is 9.84 Å². The predicted molar refractivity (Wildman–Crippen MR) is 120 cm³/mol. The molecule has 2 aromatic rings. The minimum atomic E-state index is 0.0796. The maximum absolute atomic E-state index is 13.3. The van der Waals surface area contributed by atoms with Crippen LogP contribution in [-0.4, -0.2) is 59.0 Å². The third kappa shape index (κ3) is 4.28. The maximum Gasteiger partial charge on any atom is 0.274 e. The number of hydrogen-bond donors (Lipinski definition) is 1. The second-order valence-corrected chi connectivity index (χ2v) is 9.73. The quantitative estimate of drug-likeness (QED) is 0.805. The summed E-state index contributed by atoms with van der Waals surface area (Å²) in [5.41, 5.74) is 6.09. The molecule has 1 aromatic carbocycles. The molecule has 31 heavy (non-hydrogen) atoms. The SMILES string of the molecule is CC(C)Cn1nc(C(=O)N2CCOCC2)c2c1CC[C@H](NC1Cc3ccccc3C1)C2. The lowest BCUT2D eigenvalue weighted by Gasteiger charge is -2.29. The summed E-state index contributed by atoms with van der Waals surface area (Å²) in [4.78, 5) is 15.3. The van der Waals surface area contributed by atoms with E-state index in [-0.39, 0.29) is 5.91 Å². The molecular formula is C25H34N4O2. The van der Waals surface area contributed by atoms with Crippen LogP contribution in [0.5, 0.6) is 0 Å². The highest BCUT2D eigenvalue weighted by Gasteiger charge is 2.33. The third-order valence-electron chi connectivity index (χ3n) is 6.91. The summed E-state index contributed by atoms with van der Waals surface area (Å²) in [7, 11) is 0. The fourth-order valence-electron chi connectivity index (χ4n) is 5.42. The van der Waals surface area contributed by atoms with Crippen LogP contribution in [0.1, 0.15) is 53.1 Å². The van der Waals surface area contributed by atoms with Crippen LogP contribution in [0, 0.1) is 5.92 Å². The molecule has 1 N–H and O–H groups in total. The average Bonchev–Trinajstić information content (AvgIpc) is 3.34. The van der Waals surface area contributed by atoms with Gasteiger partial charge < -0.3 is 15.0 Å². The largest absolute Gasteiger partial charge is 0.378 e. The molecule has 0 radical (unpaired) electrons. The number of hydrogen-bond acceptors (Lipinski definition) is 4. The number of morpholine rings is 1. The number of nitrogens with one attached hydrogen (secondary N) is 1. The summed E-state index contributed by atoms with van der Waals surface area (Å²) >= 11 is 0. The van der Waals surface area contributed by atoms with Crippen LogP contribution >= 0.6 is 0 Å². The second kappa shape index (κ2) is 8.75. The number of carbonyl (C=O) groups excluding carboxylic acids is 1. The van der Waals surface area contributed by atoms with Crippen LogP contribution in [-0.2, 0) is 37.0 Å². The van der Waals surface area contributed by atoms with E-state index in [0.29, 0.717) is 50.0 Å². The zero-order valence-electron chi connectivity index (χ0n) is 18.8. The zero-order valence-corrected chi connectivity index (χ0v) is 18.8. The molecule has 0 saturated carbocycles. The van der Waals surface area contributed by atoms with E-state index in [1.54, 1.807) is 0 Å². The summed E-state index contributed by atoms with van der Waals surface area (Å²) in [6, 6.07) is 9.69. The average molecular weight is 423 g/mol. The van der Waals surface area contributed by atoms with Crippen molar-refractivity contribution in [3.8, 4) is 0 Å². The molecule has 6 heteroatoms. The first kappa shape index (κ1) is 20.7. The Balaban J connectivity index is 1.35. The van der Waals surface area contributed by atoms with Crippen molar-refractivity contribution in [1.82, 2.24) is 20.0 Å². The van der Waals surface area contributed by atoms with Crippen molar-refractivity contribution in [3.05, 3.63) is 52.3 Å². The van der Waals surface area contributed by atoms with E-state index in [2.05, 4.69) is 48.1 Å². The zero-order chi connectivity index (χ0) is 21.4. The van der Waals surface area contributed by atoms with Gasteiger partial charge in [-0.1, -0.05) is 38.1 Å². The van der Waals surface area contributed by atoms with E-state index in [1.165, 1.54) is 22.4 Å². The van der Waals surface area contributed by atoms with Crippen molar-refractivity contribution in [1.29, 1.82) is 0 Å². The predicted octanol–water partition coefficient (Wildman–Crippen LogP) is 2.63. The summed E-state index contributed by atoms with van der Waals surface area (Å²) in [5, 5.41) is 8.78. The number of amides is 1. The van der Waals surface area contributed by atoms with Gasteiger partial charge in [-0.15, -0.1) is 0 Å². The minimum absolute atomic E-state index is 0.0796. The topological polar surface area (TPSA) is 59.4 Å². The van der Waals surface area contributed by atoms with Gasteiger partial charge in [0.1, 0.15) is 0 Å². The van der Waals surface area contributed by atoms with Gasteiger partial charge in [0.25, 0.3) is 5.91 Å². The van der Waals surface area contributed by atoms with Gasteiger partial charge in [-0.25, -0.2) is 0 Å². The maximum atomic E-state index is 13.3. The summed E-state index contributed by atoms with van der Waals surface area (Å²) < 4.78 is 7.57. The van der Waals surface area contributed by atoms with Crippen LogP contribution in [0.4, 0.5) is 0 Å². The van der Waals surface area contributed by atoms with Crippen molar-refractivity contribution in [3.63, 3.8) is 0 Å².